The number of nitrogens with two attached hydrogens (primary N) is 1. The molecule has 14 heteroatoms. The number of aryl methyl sites for hydroxylation is 1. The molecule has 0 bridgehead atoms. The van der Waals surface area contributed by atoms with Crippen molar-refractivity contribution in [3.8, 4) is 0 Å². The maximum absolute atomic E-state index is 13.5. The Morgan fingerprint density at radius 2 is 1.69 bits per heavy atom. The summed E-state index contributed by atoms with van der Waals surface area (Å²) in [6, 6.07) is 14.9. The molecule has 0 saturated carbocycles. The van der Waals surface area contributed by atoms with Crippen molar-refractivity contribution in [2.24, 2.45) is 5.73 Å². The van der Waals surface area contributed by atoms with E-state index in [1.54, 1.807) is 69.6 Å². The van der Waals surface area contributed by atoms with Gasteiger partial charge in [0.1, 0.15) is 5.82 Å². The number of urea groups is 1. The maximum Gasteiger partial charge on any atom is 0.416 e. The van der Waals surface area contributed by atoms with Gasteiger partial charge in [-0.1, -0.05) is 18.2 Å². The van der Waals surface area contributed by atoms with Crippen LogP contribution in [0, 0.1) is 6.92 Å². The largest absolute Gasteiger partial charge is 0.416 e. The summed E-state index contributed by atoms with van der Waals surface area (Å²) in [6.07, 6.45) is -2.99. The van der Waals surface area contributed by atoms with Crippen LogP contribution in [0.2, 0.25) is 0 Å². The van der Waals surface area contributed by atoms with Crippen LogP contribution >= 0.6 is 0 Å². The summed E-state index contributed by atoms with van der Waals surface area (Å²) in [7, 11) is 1.57. The summed E-state index contributed by atoms with van der Waals surface area (Å²) >= 11 is 0. The maximum atomic E-state index is 13.5. The Morgan fingerprint density at radius 3 is 2.42 bits per heavy atom. The van der Waals surface area contributed by atoms with E-state index in [0.29, 0.717) is 34.1 Å². The zero-order valence-corrected chi connectivity index (χ0v) is 24.4. The van der Waals surface area contributed by atoms with E-state index in [0.717, 1.165) is 17.7 Å². The number of amides is 4. The molecule has 0 fully saturated rings. The lowest BCUT2D eigenvalue weighted by Crippen LogP contribution is -2.46. The third kappa shape index (κ3) is 6.86. The van der Waals surface area contributed by atoms with Gasteiger partial charge in [0, 0.05) is 41.4 Å². The first-order valence-electron chi connectivity index (χ1n) is 13.7. The molecule has 0 spiro atoms. The molecule has 5 N–H and O–H groups in total. The Labute approximate surface area is 256 Å². The van der Waals surface area contributed by atoms with E-state index in [-0.39, 0.29) is 24.0 Å². The van der Waals surface area contributed by atoms with Crippen LogP contribution in [0.5, 0.6) is 0 Å². The lowest BCUT2D eigenvalue weighted by molar-refractivity contribution is -0.137. The minimum Gasteiger partial charge on any atom is -0.325 e. The van der Waals surface area contributed by atoms with Crippen molar-refractivity contribution in [1.82, 2.24) is 9.97 Å². The molecular weight excluding hydrogens is 589 g/mol. The average molecular weight is 619 g/mol. The van der Waals surface area contributed by atoms with E-state index in [9.17, 15) is 27.6 Å². The van der Waals surface area contributed by atoms with Crippen LogP contribution in [-0.4, -0.2) is 40.9 Å². The van der Waals surface area contributed by atoms with Gasteiger partial charge in [-0.2, -0.15) is 18.2 Å². The molecule has 1 aliphatic rings. The number of anilines is 6. The SMILES string of the molecule is Cc1ccc(NC(=O)c2cccc(C(F)(F)F)c2)cc1N1Cc2cnc(Nc3cccc(NC(=O)[C@H](C)N)c3)nc2N(C)C1=O. The number of nitrogens with one attached hydrogen (secondary N) is 3. The second-order valence-electron chi connectivity index (χ2n) is 10.5. The molecule has 45 heavy (non-hydrogen) atoms. The Balaban J connectivity index is 1.34. The second-order valence-corrected chi connectivity index (χ2v) is 10.5. The van der Waals surface area contributed by atoms with E-state index in [4.69, 9.17) is 5.73 Å². The fourth-order valence-electron chi connectivity index (χ4n) is 4.64. The van der Waals surface area contributed by atoms with Gasteiger partial charge in [-0.3, -0.25) is 19.4 Å². The first kappa shape index (κ1) is 30.9. The molecule has 1 atom stereocenters. The highest BCUT2D eigenvalue weighted by Crippen LogP contribution is 2.34. The van der Waals surface area contributed by atoms with Crippen molar-refractivity contribution in [3.63, 3.8) is 0 Å². The van der Waals surface area contributed by atoms with Gasteiger partial charge in [0.2, 0.25) is 11.9 Å². The molecule has 0 radical (unpaired) electrons. The number of hydrogen-bond acceptors (Lipinski definition) is 7. The van der Waals surface area contributed by atoms with Gasteiger partial charge in [-0.05, 0) is 67.9 Å². The third-order valence-electron chi connectivity index (χ3n) is 7.02. The first-order chi connectivity index (χ1) is 21.3. The van der Waals surface area contributed by atoms with Crippen LogP contribution in [0.1, 0.15) is 34.0 Å². The number of carbonyl (C=O) groups excluding carboxylic acids is 3. The highest BCUT2D eigenvalue weighted by atomic mass is 19.4. The number of halogens is 3. The minimum atomic E-state index is -4.58. The number of benzene rings is 3. The molecule has 1 aliphatic heterocycles. The monoisotopic (exact) mass is 618 g/mol. The Bertz CT molecular complexity index is 1790. The predicted octanol–water partition coefficient (Wildman–Crippen LogP) is 5.66. The summed E-state index contributed by atoms with van der Waals surface area (Å²) in [6.45, 7) is 3.51. The number of rotatable bonds is 7. The van der Waals surface area contributed by atoms with Crippen LogP contribution < -0.4 is 31.5 Å². The lowest BCUT2D eigenvalue weighted by atomic mass is 10.1. The van der Waals surface area contributed by atoms with E-state index in [2.05, 4.69) is 25.9 Å². The molecule has 4 aromatic rings. The molecule has 0 aliphatic carbocycles. The molecule has 3 aromatic carbocycles. The molecule has 0 unspecified atom stereocenters. The van der Waals surface area contributed by atoms with Crippen LogP contribution in [0.25, 0.3) is 0 Å². The Morgan fingerprint density at radius 1 is 0.978 bits per heavy atom. The third-order valence-corrected chi connectivity index (χ3v) is 7.02. The van der Waals surface area contributed by atoms with Crippen LogP contribution in [-0.2, 0) is 17.5 Å². The second kappa shape index (κ2) is 12.2. The summed E-state index contributed by atoms with van der Waals surface area (Å²) in [5, 5.41) is 8.41. The highest BCUT2D eigenvalue weighted by Gasteiger charge is 2.32. The van der Waals surface area contributed by atoms with Crippen molar-refractivity contribution >= 4 is 52.4 Å². The van der Waals surface area contributed by atoms with Gasteiger partial charge in [-0.25, -0.2) is 9.78 Å². The number of fused-ring (bicyclic) bond motifs is 1. The fraction of sp³-hybridized carbons (Fsp3) is 0.194. The summed E-state index contributed by atoms with van der Waals surface area (Å²) in [5.41, 5.74) is 7.85. The van der Waals surface area contributed by atoms with Gasteiger partial charge >= 0.3 is 12.2 Å². The van der Waals surface area contributed by atoms with Crippen LogP contribution in [0.3, 0.4) is 0 Å². The normalized spacial score (nSPS) is 13.6. The number of hydrogen-bond donors (Lipinski definition) is 4. The molecule has 0 saturated heterocycles. The molecule has 5 rings (SSSR count). The van der Waals surface area contributed by atoms with Crippen molar-refractivity contribution in [2.75, 3.05) is 32.8 Å². The number of nitrogens with zero attached hydrogens (tertiary/aromatic N) is 4. The van der Waals surface area contributed by atoms with E-state index in [1.165, 1.54) is 21.9 Å². The zero-order valence-electron chi connectivity index (χ0n) is 24.4. The molecule has 232 valence electrons. The number of aromatic nitrogens is 2. The van der Waals surface area contributed by atoms with E-state index < -0.39 is 29.7 Å². The van der Waals surface area contributed by atoms with Crippen LogP contribution in [0.4, 0.5) is 52.5 Å². The molecule has 1 aromatic heterocycles. The first-order valence-corrected chi connectivity index (χ1v) is 13.7. The fourth-order valence-corrected chi connectivity index (χ4v) is 4.64. The summed E-state index contributed by atoms with van der Waals surface area (Å²) in [5.74, 6) is -0.436. The summed E-state index contributed by atoms with van der Waals surface area (Å²) < 4.78 is 39.4. The zero-order chi connectivity index (χ0) is 32.5. The number of alkyl halides is 3. The standard InChI is InChI=1S/C31H29F3N8O3/c1-17-10-11-24(38-28(44)19-6-4-7-21(12-19)31(32,33)34)14-25(17)42-16-20-15-36-29(40-26(20)41(3)30(42)45)39-23-9-5-8-22(13-23)37-27(43)18(2)35/h4-15,18H,16,35H2,1-3H3,(H,37,43)(H,38,44)(H,36,39,40)/t18-/m0/s1. The molecular formula is C31H29F3N8O3. The molecule has 2 heterocycles. The van der Waals surface area contributed by atoms with Gasteiger partial charge in [0.25, 0.3) is 5.91 Å². The van der Waals surface area contributed by atoms with Gasteiger partial charge in [0.15, 0.2) is 0 Å². The topological polar surface area (TPSA) is 146 Å². The quantitative estimate of drug-likeness (QED) is 0.209. The van der Waals surface area contributed by atoms with Crippen molar-refractivity contribution < 1.29 is 27.6 Å². The van der Waals surface area contributed by atoms with Gasteiger partial charge < -0.3 is 21.7 Å². The lowest BCUT2D eigenvalue weighted by Gasteiger charge is -2.35. The van der Waals surface area contributed by atoms with Crippen molar-refractivity contribution in [1.29, 1.82) is 0 Å². The average Bonchev–Trinajstić information content (AvgIpc) is 3.00. The van der Waals surface area contributed by atoms with Crippen molar-refractivity contribution in [2.45, 2.75) is 32.6 Å². The Hall–Kier alpha value is -5.50. The van der Waals surface area contributed by atoms with E-state index in [1.807, 2.05) is 0 Å². The van der Waals surface area contributed by atoms with Gasteiger partial charge in [-0.15, -0.1) is 0 Å². The minimum absolute atomic E-state index is 0.128. The molecule has 11 nitrogen and oxygen atoms in total. The van der Waals surface area contributed by atoms with Crippen molar-refractivity contribution in [3.05, 3.63) is 95.2 Å². The van der Waals surface area contributed by atoms with Gasteiger partial charge in [0.05, 0.1) is 23.8 Å². The summed E-state index contributed by atoms with van der Waals surface area (Å²) in [4.78, 5) is 50.1. The smallest absolute Gasteiger partial charge is 0.325 e. The predicted molar refractivity (Wildman–Crippen MR) is 165 cm³/mol. The van der Waals surface area contributed by atoms with Crippen LogP contribution in [0.15, 0.2) is 72.9 Å². The van der Waals surface area contributed by atoms with E-state index >= 15 is 0 Å². The molecule has 4 amide bonds. The number of carbonyl (C=O) groups is 3. The highest BCUT2D eigenvalue weighted by molar-refractivity contribution is 6.07. The Kier molecular flexibility index (Phi) is 8.42.